The zero-order valence-corrected chi connectivity index (χ0v) is 12.5. The highest BCUT2D eigenvalue weighted by molar-refractivity contribution is 7.89. The van der Waals surface area contributed by atoms with Crippen molar-refractivity contribution < 1.29 is 12.8 Å². The van der Waals surface area contributed by atoms with E-state index in [1.54, 1.807) is 0 Å². The van der Waals surface area contributed by atoms with Gasteiger partial charge in [0, 0.05) is 25.2 Å². The van der Waals surface area contributed by atoms with Crippen LogP contribution in [0.1, 0.15) is 26.3 Å². The van der Waals surface area contributed by atoms with Crippen molar-refractivity contribution in [3.8, 4) is 0 Å². The number of sulfonamides is 1. The summed E-state index contributed by atoms with van der Waals surface area (Å²) in [5.74, 6) is -0.427. The third kappa shape index (κ3) is 3.13. The smallest absolute Gasteiger partial charge is 0.243 e. The summed E-state index contributed by atoms with van der Waals surface area (Å²) in [6, 6.07) is 3.81. The van der Waals surface area contributed by atoms with Crippen LogP contribution in [0, 0.1) is 11.7 Å². The van der Waals surface area contributed by atoms with Gasteiger partial charge < -0.3 is 5.73 Å². The van der Waals surface area contributed by atoms with Crippen molar-refractivity contribution in [2.24, 2.45) is 11.7 Å². The zero-order chi connectivity index (χ0) is 14.8. The Hall–Kier alpha value is -0.980. The summed E-state index contributed by atoms with van der Waals surface area (Å²) in [6.45, 7) is 5.55. The third-order valence-electron chi connectivity index (χ3n) is 3.48. The van der Waals surface area contributed by atoms with Gasteiger partial charge in [0.25, 0.3) is 0 Å². The molecule has 0 aromatic heterocycles. The van der Waals surface area contributed by atoms with Crippen molar-refractivity contribution in [3.05, 3.63) is 29.6 Å². The molecule has 0 aliphatic heterocycles. The molecule has 0 aliphatic carbocycles. The minimum Gasteiger partial charge on any atom is -0.326 e. The molecule has 19 heavy (non-hydrogen) atoms. The molecule has 1 aromatic carbocycles. The van der Waals surface area contributed by atoms with Crippen molar-refractivity contribution in [3.63, 3.8) is 0 Å². The van der Waals surface area contributed by atoms with Gasteiger partial charge in [0.1, 0.15) is 5.82 Å². The summed E-state index contributed by atoms with van der Waals surface area (Å²) in [6.07, 6.45) is 0. The van der Waals surface area contributed by atoms with E-state index in [4.69, 9.17) is 5.73 Å². The van der Waals surface area contributed by atoms with Gasteiger partial charge in [-0.2, -0.15) is 4.31 Å². The number of hydrogen-bond donors (Lipinski definition) is 1. The lowest BCUT2D eigenvalue weighted by atomic mass is 10.1. The lowest BCUT2D eigenvalue weighted by Crippen LogP contribution is -2.38. The van der Waals surface area contributed by atoms with Crippen LogP contribution in [-0.2, 0) is 16.6 Å². The molecular weight excluding hydrogens is 267 g/mol. The van der Waals surface area contributed by atoms with E-state index in [2.05, 4.69) is 0 Å². The highest BCUT2D eigenvalue weighted by Crippen LogP contribution is 2.24. The van der Waals surface area contributed by atoms with Gasteiger partial charge in [0.2, 0.25) is 10.0 Å². The lowest BCUT2D eigenvalue weighted by molar-refractivity contribution is 0.315. The Kier molecular flexibility index (Phi) is 5.06. The summed E-state index contributed by atoms with van der Waals surface area (Å²) in [5.41, 5.74) is 5.49. The Balaban J connectivity index is 3.32. The van der Waals surface area contributed by atoms with Gasteiger partial charge in [-0.15, -0.1) is 0 Å². The fourth-order valence-corrected chi connectivity index (χ4v) is 3.51. The second kappa shape index (κ2) is 5.98. The van der Waals surface area contributed by atoms with Crippen molar-refractivity contribution in [2.45, 2.75) is 38.3 Å². The first-order valence-corrected chi connectivity index (χ1v) is 7.63. The SMILES string of the molecule is CC(C)C(C)N(C)S(=O)(=O)c1cccc(F)c1CN. The highest BCUT2D eigenvalue weighted by atomic mass is 32.2. The Labute approximate surface area is 114 Å². The van der Waals surface area contributed by atoms with Crippen LogP contribution in [-0.4, -0.2) is 25.8 Å². The minimum atomic E-state index is -3.74. The fraction of sp³-hybridized carbons (Fsp3) is 0.538. The molecule has 0 saturated carbocycles. The van der Waals surface area contributed by atoms with Crippen LogP contribution in [0.5, 0.6) is 0 Å². The normalized spacial score (nSPS) is 14.1. The largest absolute Gasteiger partial charge is 0.326 e. The topological polar surface area (TPSA) is 63.4 Å². The number of benzene rings is 1. The maximum absolute atomic E-state index is 13.6. The van der Waals surface area contributed by atoms with E-state index in [9.17, 15) is 12.8 Å². The molecule has 0 amide bonds. The van der Waals surface area contributed by atoms with Gasteiger partial charge in [-0.3, -0.25) is 0 Å². The summed E-state index contributed by atoms with van der Waals surface area (Å²) < 4.78 is 39.9. The zero-order valence-electron chi connectivity index (χ0n) is 11.7. The van der Waals surface area contributed by atoms with E-state index in [1.165, 1.54) is 29.6 Å². The summed E-state index contributed by atoms with van der Waals surface area (Å²) in [7, 11) is -2.23. The third-order valence-corrected chi connectivity index (χ3v) is 5.50. The first kappa shape index (κ1) is 16.1. The molecule has 0 bridgehead atoms. The number of nitrogens with zero attached hydrogens (tertiary/aromatic N) is 1. The van der Waals surface area contributed by atoms with Crippen LogP contribution in [0.3, 0.4) is 0 Å². The van der Waals surface area contributed by atoms with Crippen molar-refractivity contribution >= 4 is 10.0 Å². The summed E-state index contributed by atoms with van der Waals surface area (Å²) in [5, 5.41) is 0. The Morgan fingerprint density at radius 3 is 2.37 bits per heavy atom. The quantitative estimate of drug-likeness (QED) is 0.900. The van der Waals surface area contributed by atoms with Crippen LogP contribution >= 0.6 is 0 Å². The lowest BCUT2D eigenvalue weighted by Gasteiger charge is -2.28. The molecule has 1 rings (SSSR count). The van der Waals surface area contributed by atoms with Gasteiger partial charge >= 0.3 is 0 Å². The van der Waals surface area contributed by atoms with Crippen LogP contribution in [0.15, 0.2) is 23.1 Å². The van der Waals surface area contributed by atoms with E-state index in [0.29, 0.717) is 0 Å². The molecule has 6 heteroatoms. The molecule has 4 nitrogen and oxygen atoms in total. The number of nitrogens with two attached hydrogens (primary N) is 1. The van der Waals surface area contributed by atoms with Crippen LogP contribution in [0.2, 0.25) is 0 Å². The average Bonchev–Trinajstić information content (AvgIpc) is 2.36. The van der Waals surface area contributed by atoms with Crippen molar-refractivity contribution in [1.29, 1.82) is 0 Å². The number of halogens is 1. The predicted molar refractivity (Wildman–Crippen MR) is 73.5 cm³/mol. The van der Waals surface area contributed by atoms with E-state index >= 15 is 0 Å². The van der Waals surface area contributed by atoms with E-state index in [-0.39, 0.29) is 29.0 Å². The highest BCUT2D eigenvalue weighted by Gasteiger charge is 2.29. The Morgan fingerprint density at radius 1 is 1.32 bits per heavy atom. The molecular formula is C13H21FN2O2S. The molecule has 108 valence electrons. The molecule has 1 aromatic rings. The maximum atomic E-state index is 13.6. The standard InChI is InChI=1S/C13H21FN2O2S/c1-9(2)10(3)16(4)19(17,18)13-7-5-6-12(14)11(13)8-15/h5-7,9-10H,8,15H2,1-4H3. The first-order chi connectivity index (χ1) is 8.73. The average molecular weight is 288 g/mol. The van der Waals surface area contributed by atoms with Gasteiger partial charge in [0.15, 0.2) is 0 Å². The second-order valence-corrected chi connectivity index (χ2v) is 6.89. The molecule has 0 fully saturated rings. The van der Waals surface area contributed by atoms with E-state index < -0.39 is 15.8 Å². The minimum absolute atomic E-state index is 0.0327. The molecule has 2 N–H and O–H groups in total. The van der Waals surface area contributed by atoms with Gasteiger partial charge in [-0.1, -0.05) is 19.9 Å². The summed E-state index contributed by atoms with van der Waals surface area (Å²) >= 11 is 0. The van der Waals surface area contributed by atoms with Gasteiger partial charge in [0.05, 0.1) is 4.90 Å². The molecule has 0 radical (unpaired) electrons. The molecule has 0 saturated heterocycles. The maximum Gasteiger partial charge on any atom is 0.243 e. The molecule has 1 unspecified atom stereocenters. The Bertz CT molecular complexity index is 544. The second-order valence-electron chi connectivity index (χ2n) is 4.93. The fourth-order valence-electron chi connectivity index (χ4n) is 1.77. The number of hydrogen-bond acceptors (Lipinski definition) is 3. The molecule has 1 atom stereocenters. The molecule has 0 heterocycles. The van der Waals surface area contributed by atoms with Gasteiger partial charge in [-0.05, 0) is 25.0 Å². The Morgan fingerprint density at radius 2 is 1.89 bits per heavy atom. The molecule has 0 aliphatic rings. The van der Waals surface area contributed by atoms with Crippen LogP contribution in [0.25, 0.3) is 0 Å². The first-order valence-electron chi connectivity index (χ1n) is 6.19. The molecule has 0 spiro atoms. The summed E-state index contributed by atoms with van der Waals surface area (Å²) in [4.78, 5) is -0.0509. The monoisotopic (exact) mass is 288 g/mol. The van der Waals surface area contributed by atoms with Crippen LogP contribution < -0.4 is 5.73 Å². The van der Waals surface area contributed by atoms with Crippen molar-refractivity contribution in [2.75, 3.05) is 7.05 Å². The van der Waals surface area contributed by atoms with Gasteiger partial charge in [-0.25, -0.2) is 12.8 Å². The van der Waals surface area contributed by atoms with Crippen molar-refractivity contribution in [1.82, 2.24) is 4.31 Å². The number of rotatable bonds is 5. The van der Waals surface area contributed by atoms with E-state index in [1.807, 2.05) is 20.8 Å². The predicted octanol–water partition coefficient (Wildman–Crippen LogP) is 1.95. The van der Waals surface area contributed by atoms with E-state index in [0.717, 1.165) is 0 Å². The van der Waals surface area contributed by atoms with Crippen LogP contribution in [0.4, 0.5) is 4.39 Å².